The molecule has 0 aliphatic rings. The lowest BCUT2D eigenvalue weighted by molar-refractivity contribution is -0.154. The van der Waals surface area contributed by atoms with Crippen molar-refractivity contribution in [1.29, 1.82) is 0 Å². The van der Waals surface area contributed by atoms with Crippen LogP contribution in [0.1, 0.15) is 26.3 Å². The highest BCUT2D eigenvalue weighted by atomic mass is 19.1. The summed E-state index contributed by atoms with van der Waals surface area (Å²) in [6.45, 7) is 5.27. The average molecular weight is 241 g/mol. The molecule has 0 saturated carbocycles. The van der Waals surface area contributed by atoms with E-state index in [1.807, 2.05) is 0 Å². The van der Waals surface area contributed by atoms with Crippen molar-refractivity contribution in [3.63, 3.8) is 0 Å². The lowest BCUT2D eigenvalue weighted by Crippen LogP contribution is -2.25. The zero-order valence-electron chi connectivity index (χ0n) is 10.4. The summed E-state index contributed by atoms with van der Waals surface area (Å²) in [5, 5.41) is 0. The minimum atomic E-state index is -0.713. The average Bonchev–Trinajstić information content (AvgIpc) is 2.18. The Labute approximate surface area is 99.8 Å². The first-order valence-corrected chi connectivity index (χ1v) is 5.23. The number of ether oxygens (including phenoxy) is 2. The van der Waals surface area contributed by atoms with E-state index in [4.69, 9.17) is 9.47 Å². The molecule has 4 nitrogen and oxygen atoms in total. The lowest BCUT2D eigenvalue weighted by atomic mass is 10.1. The van der Waals surface area contributed by atoms with Crippen LogP contribution >= 0.6 is 0 Å². The van der Waals surface area contributed by atoms with E-state index in [1.54, 1.807) is 20.8 Å². The Morgan fingerprint density at radius 1 is 1.41 bits per heavy atom. The lowest BCUT2D eigenvalue weighted by Gasteiger charge is -2.19. The summed E-state index contributed by atoms with van der Waals surface area (Å²) < 4.78 is 23.3. The Morgan fingerprint density at radius 2 is 2.06 bits per heavy atom. The van der Waals surface area contributed by atoms with Gasteiger partial charge >= 0.3 is 5.97 Å². The van der Waals surface area contributed by atoms with Crippen molar-refractivity contribution in [3.8, 4) is 5.88 Å². The normalized spacial score (nSPS) is 11.1. The van der Waals surface area contributed by atoms with Gasteiger partial charge in [0.05, 0.1) is 13.5 Å². The molecule has 1 rings (SSSR count). The molecule has 0 aromatic carbocycles. The topological polar surface area (TPSA) is 48.4 Å². The van der Waals surface area contributed by atoms with Crippen molar-refractivity contribution in [3.05, 3.63) is 23.6 Å². The van der Waals surface area contributed by atoms with Crippen LogP contribution in [0, 0.1) is 5.95 Å². The second-order valence-electron chi connectivity index (χ2n) is 4.57. The summed E-state index contributed by atoms with van der Waals surface area (Å²) in [7, 11) is 1.40. The molecule has 0 unspecified atom stereocenters. The van der Waals surface area contributed by atoms with Gasteiger partial charge in [-0.25, -0.2) is 0 Å². The van der Waals surface area contributed by atoms with Gasteiger partial charge in [0, 0.05) is 11.6 Å². The van der Waals surface area contributed by atoms with E-state index in [0.717, 1.165) is 0 Å². The third kappa shape index (κ3) is 4.38. The zero-order valence-corrected chi connectivity index (χ0v) is 10.4. The van der Waals surface area contributed by atoms with E-state index < -0.39 is 17.5 Å². The number of hydrogen-bond donors (Lipinski definition) is 0. The minimum Gasteiger partial charge on any atom is -0.481 e. The monoisotopic (exact) mass is 241 g/mol. The standard InChI is InChI=1S/C12H16FNO3/c1-12(2,3)17-10(15)7-8-5-6-9(16-4)14-11(8)13/h5-6H,7H2,1-4H3. The first-order chi connectivity index (χ1) is 7.81. The highest BCUT2D eigenvalue weighted by Gasteiger charge is 2.18. The van der Waals surface area contributed by atoms with Gasteiger partial charge in [0.15, 0.2) is 0 Å². The highest BCUT2D eigenvalue weighted by molar-refractivity contribution is 5.72. The molecule has 0 spiro atoms. The first kappa shape index (κ1) is 13.4. The van der Waals surface area contributed by atoms with Crippen molar-refractivity contribution in [2.24, 2.45) is 0 Å². The molecule has 0 atom stereocenters. The van der Waals surface area contributed by atoms with Crippen LogP contribution in [0.25, 0.3) is 0 Å². The number of carbonyl (C=O) groups is 1. The molecule has 94 valence electrons. The molecule has 5 heteroatoms. The van der Waals surface area contributed by atoms with Gasteiger partial charge in [0.25, 0.3) is 0 Å². The van der Waals surface area contributed by atoms with Gasteiger partial charge in [-0.15, -0.1) is 0 Å². The molecule has 0 aliphatic heterocycles. The quantitative estimate of drug-likeness (QED) is 0.600. The fourth-order valence-electron chi connectivity index (χ4n) is 1.23. The Bertz CT molecular complexity index is 413. The zero-order chi connectivity index (χ0) is 13.1. The van der Waals surface area contributed by atoms with Gasteiger partial charge < -0.3 is 9.47 Å². The number of esters is 1. The number of rotatable bonds is 3. The molecule has 0 N–H and O–H groups in total. The van der Waals surface area contributed by atoms with Crippen molar-refractivity contribution in [1.82, 2.24) is 4.98 Å². The number of hydrogen-bond acceptors (Lipinski definition) is 4. The van der Waals surface area contributed by atoms with E-state index in [-0.39, 0.29) is 17.9 Å². The van der Waals surface area contributed by atoms with E-state index >= 15 is 0 Å². The van der Waals surface area contributed by atoms with Crippen LogP contribution < -0.4 is 4.74 Å². The fraction of sp³-hybridized carbons (Fsp3) is 0.500. The number of nitrogens with zero attached hydrogens (tertiary/aromatic N) is 1. The van der Waals surface area contributed by atoms with Crippen LogP contribution in [0.2, 0.25) is 0 Å². The molecule has 0 radical (unpaired) electrons. The Kier molecular flexibility index (Phi) is 4.04. The maximum Gasteiger partial charge on any atom is 0.310 e. The predicted octanol–water partition coefficient (Wildman–Crippen LogP) is 2.11. The summed E-state index contributed by atoms with van der Waals surface area (Å²) in [5.74, 6) is -1.02. The number of carbonyl (C=O) groups excluding carboxylic acids is 1. The molecular weight excluding hydrogens is 225 g/mol. The van der Waals surface area contributed by atoms with Crippen molar-refractivity contribution in [2.75, 3.05) is 7.11 Å². The SMILES string of the molecule is COc1ccc(CC(=O)OC(C)(C)C)c(F)n1. The molecule has 0 fully saturated rings. The molecule has 1 aromatic rings. The van der Waals surface area contributed by atoms with Crippen LogP contribution in [0.15, 0.2) is 12.1 Å². The molecular formula is C12H16FNO3. The number of halogens is 1. The summed E-state index contributed by atoms with van der Waals surface area (Å²) in [5.41, 5.74) is -0.381. The van der Waals surface area contributed by atoms with Crippen LogP contribution in [0.5, 0.6) is 5.88 Å². The van der Waals surface area contributed by atoms with Crippen LogP contribution in [0.3, 0.4) is 0 Å². The number of aromatic nitrogens is 1. The van der Waals surface area contributed by atoms with E-state index in [9.17, 15) is 9.18 Å². The molecule has 0 saturated heterocycles. The minimum absolute atomic E-state index is 0.139. The van der Waals surface area contributed by atoms with Gasteiger partial charge in [-0.3, -0.25) is 4.79 Å². The summed E-state index contributed by atoms with van der Waals surface area (Å²) in [4.78, 5) is 15.0. The molecule has 0 amide bonds. The fourth-order valence-corrected chi connectivity index (χ4v) is 1.23. The molecule has 0 bridgehead atoms. The van der Waals surface area contributed by atoms with Gasteiger partial charge in [-0.1, -0.05) is 0 Å². The Balaban J connectivity index is 2.72. The van der Waals surface area contributed by atoms with Crippen LogP contribution in [-0.4, -0.2) is 23.7 Å². The predicted molar refractivity (Wildman–Crippen MR) is 60.3 cm³/mol. The summed E-state index contributed by atoms with van der Waals surface area (Å²) in [6.07, 6.45) is -0.139. The molecule has 17 heavy (non-hydrogen) atoms. The first-order valence-electron chi connectivity index (χ1n) is 5.23. The second-order valence-corrected chi connectivity index (χ2v) is 4.57. The summed E-state index contributed by atoms with van der Waals surface area (Å²) >= 11 is 0. The van der Waals surface area contributed by atoms with Crippen molar-refractivity contribution < 1.29 is 18.7 Å². The Hall–Kier alpha value is -1.65. The number of methoxy groups -OCH3 is 1. The number of pyridine rings is 1. The van der Waals surface area contributed by atoms with Gasteiger partial charge in [0.2, 0.25) is 11.8 Å². The van der Waals surface area contributed by atoms with Crippen LogP contribution in [-0.2, 0) is 16.0 Å². The maximum atomic E-state index is 13.4. The summed E-state index contributed by atoms with van der Waals surface area (Å²) in [6, 6.07) is 2.97. The van der Waals surface area contributed by atoms with Gasteiger partial charge in [-0.2, -0.15) is 9.37 Å². The Morgan fingerprint density at radius 3 is 2.53 bits per heavy atom. The van der Waals surface area contributed by atoms with E-state index in [0.29, 0.717) is 0 Å². The van der Waals surface area contributed by atoms with Crippen molar-refractivity contribution in [2.45, 2.75) is 32.8 Å². The highest BCUT2D eigenvalue weighted by Crippen LogP contribution is 2.14. The largest absolute Gasteiger partial charge is 0.481 e. The third-order valence-electron chi connectivity index (χ3n) is 1.86. The maximum absolute atomic E-state index is 13.4. The van der Waals surface area contributed by atoms with Gasteiger partial charge in [0.1, 0.15) is 5.60 Å². The van der Waals surface area contributed by atoms with Crippen molar-refractivity contribution >= 4 is 5.97 Å². The molecule has 0 aliphatic carbocycles. The van der Waals surface area contributed by atoms with Crippen LogP contribution in [0.4, 0.5) is 4.39 Å². The molecule has 1 aromatic heterocycles. The van der Waals surface area contributed by atoms with E-state index in [2.05, 4.69) is 4.98 Å². The third-order valence-corrected chi connectivity index (χ3v) is 1.86. The second kappa shape index (κ2) is 5.12. The van der Waals surface area contributed by atoms with Gasteiger partial charge in [-0.05, 0) is 26.8 Å². The van der Waals surface area contributed by atoms with E-state index in [1.165, 1.54) is 19.2 Å². The molecule has 1 heterocycles. The smallest absolute Gasteiger partial charge is 0.310 e.